The minimum Gasteiger partial charge on any atom is -0.377 e. The maximum atomic E-state index is 11.4. The van der Waals surface area contributed by atoms with Crippen LogP contribution in [0.3, 0.4) is 0 Å². The molecular formula is C8H18N2O5SSi. The van der Waals surface area contributed by atoms with Crippen LogP contribution in [0.2, 0.25) is 6.04 Å². The smallest absolute Gasteiger partial charge is 0.377 e. The van der Waals surface area contributed by atoms with Gasteiger partial charge in [0, 0.05) is 33.9 Å². The van der Waals surface area contributed by atoms with E-state index in [9.17, 15) is 8.42 Å². The van der Waals surface area contributed by atoms with Gasteiger partial charge >= 0.3 is 8.80 Å². The van der Waals surface area contributed by atoms with Gasteiger partial charge in [-0.1, -0.05) is 0 Å². The highest BCUT2D eigenvalue weighted by molar-refractivity contribution is 7.89. The molecule has 17 heavy (non-hydrogen) atoms. The average Bonchev–Trinajstić information content (AvgIpc) is 2.33. The van der Waals surface area contributed by atoms with Gasteiger partial charge in [0.05, 0.1) is 18.2 Å². The van der Waals surface area contributed by atoms with Crippen LogP contribution < -0.4 is 4.72 Å². The Hall–Kier alpha value is -0.503. The Kier molecular flexibility index (Phi) is 7.52. The Labute approximate surface area is 103 Å². The normalized spacial score (nSPS) is 12.4. The Bertz CT molecular complexity index is 341. The molecule has 100 valence electrons. The molecule has 0 spiro atoms. The molecule has 0 saturated heterocycles. The van der Waals surface area contributed by atoms with Gasteiger partial charge in [-0.2, -0.15) is 5.26 Å². The summed E-state index contributed by atoms with van der Waals surface area (Å²) in [5.74, 6) is -0.203. The fraction of sp³-hybridized carbons (Fsp3) is 0.875. The van der Waals surface area contributed by atoms with Gasteiger partial charge in [0.2, 0.25) is 10.0 Å². The molecular weight excluding hydrogens is 264 g/mol. The lowest BCUT2D eigenvalue weighted by Crippen LogP contribution is -2.45. The number of hydrogen-bond acceptors (Lipinski definition) is 6. The monoisotopic (exact) mass is 282 g/mol. The highest BCUT2D eigenvalue weighted by Gasteiger charge is 2.37. The lowest BCUT2D eigenvalue weighted by Gasteiger charge is -2.24. The summed E-state index contributed by atoms with van der Waals surface area (Å²) in [5.41, 5.74) is 0. The number of nitrogens with zero attached hydrogens (tertiary/aromatic N) is 1. The highest BCUT2D eigenvalue weighted by atomic mass is 32.2. The number of rotatable bonds is 9. The van der Waals surface area contributed by atoms with Gasteiger partial charge in [-0.25, -0.2) is 13.1 Å². The molecule has 0 aromatic rings. The van der Waals surface area contributed by atoms with E-state index in [1.165, 1.54) is 21.3 Å². The molecule has 0 aliphatic rings. The van der Waals surface area contributed by atoms with Crippen LogP contribution in [0, 0.1) is 11.3 Å². The molecule has 0 atom stereocenters. The van der Waals surface area contributed by atoms with Crippen molar-refractivity contribution < 1.29 is 21.7 Å². The van der Waals surface area contributed by atoms with E-state index in [0.717, 1.165) is 0 Å². The van der Waals surface area contributed by atoms with E-state index in [-0.39, 0.29) is 18.7 Å². The minimum atomic E-state index is -3.41. The van der Waals surface area contributed by atoms with Gasteiger partial charge in [0.1, 0.15) is 0 Å². The fourth-order valence-corrected chi connectivity index (χ4v) is 3.81. The largest absolute Gasteiger partial charge is 0.501 e. The summed E-state index contributed by atoms with van der Waals surface area (Å²) < 4.78 is 40.5. The van der Waals surface area contributed by atoms with Crippen LogP contribution in [0.25, 0.3) is 0 Å². The molecule has 0 aromatic heterocycles. The average molecular weight is 282 g/mol. The second-order valence-electron chi connectivity index (χ2n) is 3.17. The molecule has 0 fully saturated rings. The molecule has 0 rings (SSSR count). The summed E-state index contributed by atoms with van der Waals surface area (Å²) in [6.07, 6.45) is -0.0310. The van der Waals surface area contributed by atoms with E-state index >= 15 is 0 Å². The predicted molar refractivity (Wildman–Crippen MR) is 63.6 cm³/mol. The predicted octanol–water partition coefficient (Wildman–Crippen LogP) is -0.302. The molecule has 9 heteroatoms. The summed E-state index contributed by atoms with van der Waals surface area (Å²) in [6.45, 7) is 0.162. The van der Waals surface area contributed by atoms with Gasteiger partial charge in [-0.05, 0) is 0 Å². The number of nitriles is 1. The van der Waals surface area contributed by atoms with Crippen molar-refractivity contribution in [2.45, 2.75) is 12.5 Å². The molecule has 0 aliphatic carbocycles. The summed E-state index contributed by atoms with van der Waals surface area (Å²) in [7, 11) is -1.76. The number of sulfonamides is 1. The lowest BCUT2D eigenvalue weighted by atomic mass is 10.6. The highest BCUT2D eigenvalue weighted by Crippen LogP contribution is 2.11. The zero-order valence-corrected chi connectivity index (χ0v) is 12.0. The van der Waals surface area contributed by atoms with Gasteiger partial charge < -0.3 is 13.3 Å². The van der Waals surface area contributed by atoms with E-state index in [2.05, 4.69) is 4.72 Å². The van der Waals surface area contributed by atoms with Crippen molar-refractivity contribution in [1.29, 1.82) is 5.26 Å². The molecule has 0 unspecified atom stereocenters. The fourth-order valence-electron chi connectivity index (χ4n) is 1.17. The molecule has 1 N–H and O–H groups in total. The second-order valence-corrected chi connectivity index (χ2v) is 8.18. The van der Waals surface area contributed by atoms with Crippen molar-refractivity contribution in [3.05, 3.63) is 0 Å². The molecule has 0 amide bonds. The van der Waals surface area contributed by atoms with Gasteiger partial charge in [0.25, 0.3) is 0 Å². The van der Waals surface area contributed by atoms with Crippen LogP contribution >= 0.6 is 0 Å². The van der Waals surface area contributed by atoms with Crippen LogP contribution in [0.15, 0.2) is 0 Å². The third kappa shape index (κ3) is 6.11. The van der Waals surface area contributed by atoms with Crippen LogP contribution in [-0.2, 0) is 23.3 Å². The SMILES string of the molecule is CO[Si](CCNS(=O)(=O)CCC#N)(OC)OC. The van der Waals surface area contributed by atoms with Crippen molar-refractivity contribution in [2.75, 3.05) is 33.6 Å². The standard InChI is InChI=1S/C8H18N2O5SSi/c1-13-17(14-2,15-3)8-6-10-16(11,12)7-4-5-9/h10H,4,6-8H2,1-3H3. The third-order valence-electron chi connectivity index (χ3n) is 2.17. The van der Waals surface area contributed by atoms with Crippen molar-refractivity contribution in [3.63, 3.8) is 0 Å². The Morgan fingerprint density at radius 2 is 1.76 bits per heavy atom. The molecule has 0 bridgehead atoms. The van der Waals surface area contributed by atoms with E-state index in [4.69, 9.17) is 18.5 Å². The first kappa shape index (κ1) is 16.5. The summed E-state index contributed by atoms with van der Waals surface area (Å²) in [6, 6.07) is 2.12. The molecule has 7 nitrogen and oxygen atoms in total. The van der Waals surface area contributed by atoms with Crippen molar-refractivity contribution >= 4 is 18.8 Å². The maximum absolute atomic E-state index is 11.4. The van der Waals surface area contributed by atoms with Gasteiger partial charge in [-0.3, -0.25) is 0 Å². The van der Waals surface area contributed by atoms with Crippen LogP contribution in [0.4, 0.5) is 0 Å². The minimum absolute atomic E-state index is 0.0310. The summed E-state index contributed by atoms with van der Waals surface area (Å²) in [4.78, 5) is 0. The number of hydrogen-bond donors (Lipinski definition) is 1. The molecule has 0 aliphatic heterocycles. The molecule has 0 saturated carbocycles. The molecule has 0 aromatic carbocycles. The number of nitrogens with one attached hydrogen (secondary N) is 1. The Morgan fingerprint density at radius 1 is 1.24 bits per heavy atom. The maximum Gasteiger partial charge on any atom is 0.501 e. The van der Waals surface area contributed by atoms with Crippen molar-refractivity contribution in [2.24, 2.45) is 0 Å². The van der Waals surface area contributed by atoms with Crippen molar-refractivity contribution in [3.8, 4) is 6.07 Å². The van der Waals surface area contributed by atoms with Gasteiger partial charge in [0.15, 0.2) is 0 Å². The second kappa shape index (κ2) is 7.75. The summed E-state index contributed by atoms with van der Waals surface area (Å²) in [5, 5.41) is 8.30. The zero-order valence-electron chi connectivity index (χ0n) is 10.2. The quantitative estimate of drug-likeness (QED) is 0.583. The Balaban J connectivity index is 4.18. The van der Waals surface area contributed by atoms with E-state index < -0.39 is 18.8 Å². The first-order valence-electron chi connectivity index (χ1n) is 4.95. The van der Waals surface area contributed by atoms with Crippen LogP contribution in [0.5, 0.6) is 0 Å². The van der Waals surface area contributed by atoms with Crippen LogP contribution in [0.1, 0.15) is 6.42 Å². The summed E-state index contributed by atoms with van der Waals surface area (Å²) >= 11 is 0. The molecule has 0 heterocycles. The topological polar surface area (TPSA) is 97.7 Å². The van der Waals surface area contributed by atoms with Crippen LogP contribution in [-0.4, -0.2) is 50.8 Å². The Morgan fingerprint density at radius 3 is 2.18 bits per heavy atom. The van der Waals surface area contributed by atoms with E-state index in [1.807, 2.05) is 0 Å². The van der Waals surface area contributed by atoms with E-state index in [1.54, 1.807) is 6.07 Å². The zero-order chi connectivity index (χ0) is 13.4. The van der Waals surface area contributed by atoms with E-state index in [0.29, 0.717) is 6.04 Å². The lowest BCUT2D eigenvalue weighted by molar-refractivity contribution is 0.124. The molecule has 0 radical (unpaired) electrons. The first-order valence-corrected chi connectivity index (χ1v) is 8.53. The first-order chi connectivity index (χ1) is 7.95. The van der Waals surface area contributed by atoms with Gasteiger partial charge in [-0.15, -0.1) is 0 Å². The van der Waals surface area contributed by atoms with Crippen molar-refractivity contribution in [1.82, 2.24) is 4.72 Å². The third-order valence-corrected chi connectivity index (χ3v) is 6.28.